The SMILES string of the molecule is COc1cc2ncnc(Oc3ccc(CC(=O)Nc4cccnc4)cc3)c2cc1OC. The highest BCUT2D eigenvalue weighted by molar-refractivity contribution is 5.92. The molecule has 2 aromatic heterocycles. The number of hydrogen-bond donors (Lipinski definition) is 1. The summed E-state index contributed by atoms with van der Waals surface area (Å²) in [6, 6.07) is 14.4. The Labute approximate surface area is 178 Å². The van der Waals surface area contributed by atoms with Gasteiger partial charge in [-0.3, -0.25) is 9.78 Å². The van der Waals surface area contributed by atoms with Crippen LogP contribution in [-0.4, -0.2) is 35.1 Å². The number of benzene rings is 2. The van der Waals surface area contributed by atoms with Gasteiger partial charge in [0.2, 0.25) is 11.8 Å². The van der Waals surface area contributed by atoms with Crippen molar-refractivity contribution in [3.8, 4) is 23.1 Å². The Hall–Kier alpha value is -4.20. The fraction of sp³-hybridized carbons (Fsp3) is 0.130. The van der Waals surface area contributed by atoms with E-state index in [-0.39, 0.29) is 12.3 Å². The van der Waals surface area contributed by atoms with Gasteiger partial charge in [-0.1, -0.05) is 12.1 Å². The van der Waals surface area contributed by atoms with Gasteiger partial charge in [0.15, 0.2) is 11.5 Å². The summed E-state index contributed by atoms with van der Waals surface area (Å²) in [7, 11) is 3.14. The molecule has 0 saturated carbocycles. The molecule has 0 saturated heterocycles. The summed E-state index contributed by atoms with van der Waals surface area (Å²) in [6.07, 6.45) is 4.93. The number of nitrogens with zero attached hydrogens (tertiary/aromatic N) is 3. The van der Waals surface area contributed by atoms with Crippen molar-refractivity contribution in [2.45, 2.75) is 6.42 Å². The summed E-state index contributed by atoms with van der Waals surface area (Å²) in [5.41, 5.74) is 2.19. The van der Waals surface area contributed by atoms with Gasteiger partial charge < -0.3 is 19.5 Å². The molecule has 1 amide bonds. The maximum absolute atomic E-state index is 12.2. The number of fused-ring (bicyclic) bond motifs is 1. The van der Waals surface area contributed by atoms with Crippen LogP contribution in [0.2, 0.25) is 0 Å². The van der Waals surface area contributed by atoms with E-state index in [1.54, 1.807) is 63.0 Å². The van der Waals surface area contributed by atoms with Gasteiger partial charge in [-0.2, -0.15) is 0 Å². The van der Waals surface area contributed by atoms with Crippen LogP contribution in [0.1, 0.15) is 5.56 Å². The molecule has 8 nitrogen and oxygen atoms in total. The van der Waals surface area contributed by atoms with Gasteiger partial charge in [0, 0.05) is 12.3 Å². The van der Waals surface area contributed by atoms with E-state index in [9.17, 15) is 4.79 Å². The molecule has 0 bridgehead atoms. The van der Waals surface area contributed by atoms with E-state index in [0.717, 1.165) is 5.56 Å². The lowest BCUT2D eigenvalue weighted by atomic mass is 10.1. The van der Waals surface area contributed by atoms with Crippen LogP contribution >= 0.6 is 0 Å². The summed E-state index contributed by atoms with van der Waals surface area (Å²) in [5, 5.41) is 3.51. The standard InChI is InChI=1S/C23H20N4O4/c1-29-20-11-18-19(12-21(20)30-2)25-14-26-23(18)31-17-7-5-15(6-8-17)10-22(28)27-16-4-3-9-24-13-16/h3-9,11-14H,10H2,1-2H3,(H,27,28). The van der Waals surface area contributed by atoms with Crippen molar-refractivity contribution in [1.82, 2.24) is 15.0 Å². The average Bonchev–Trinajstić information content (AvgIpc) is 2.80. The maximum Gasteiger partial charge on any atom is 0.230 e. The Kier molecular flexibility index (Phi) is 5.89. The number of hydrogen-bond acceptors (Lipinski definition) is 7. The molecule has 0 spiro atoms. The predicted octanol–water partition coefficient (Wildman–Crippen LogP) is 4.02. The first-order valence-electron chi connectivity index (χ1n) is 9.49. The monoisotopic (exact) mass is 416 g/mol. The number of carbonyl (C=O) groups is 1. The van der Waals surface area contributed by atoms with Crippen molar-refractivity contribution < 1.29 is 19.0 Å². The van der Waals surface area contributed by atoms with Gasteiger partial charge in [-0.15, -0.1) is 0 Å². The number of anilines is 1. The number of nitrogens with one attached hydrogen (secondary N) is 1. The number of carbonyl (C=O) groups excluding carboxylic acids is 1. The highest BCUT2D eigenvalue weighted by Gasteiger charge is 2.13. The summed E-state index contributed by atoms with van der Waals surface area (Å²) >= 11 is 0. The molecule has 0 radical (unpaired) electrons. The summed E-state index contributed by atoms with van der Waals surface area (Å²) in [6.45, 7) is 0. The molecule has 2 aromatic carbocycles. The van der Waals surface area contributed by atoms with Crippen LogP contribution in [0, 0.1) is 0 Å². The number of ether oxygens (including phenoxy) is 3. The number of aromatic nitrogens is 3. The molecule has 31 heavy (non-hydrogen) atoms. The molecular formula is C23H20N4O4. The molecule has 0 aliphatic heterocycles. The molecule has 0 atom stereocenters. The molecule has 0 fully saturated rings. The van der Waals surface area contributed by atoms with E-state index in [2.05, 4.69) is 20.3 Å². The van der Waals surface area contributed by atoms with Gasteiger partial charge in [0.25, 0.3) is 0 Å². The second-order valence-electron chi connectivity index (χ2n) is 6.62. The van der Waals surface area contributed by atoms with E-state index < -0.39 is 0 Å². The lowest BCUT2D eigenvalue weighted by molar-refractivity contribution is -0.115. The first-order chi connectivity index (χ1) is 15.2. The third-order valence-corrected chi connectivity index (χ3v) is 4.55. The third kappa shape index (κ3) is 4.69. The second-order valence-corrected chi connectivity index (χ2v) is 6.62. The average molecular weight is 416 g/mol. The Balaban J connectivity index is 1.49. The maximum atomic E-state index is 12.2. The Morgan fingerprint density at radius 1 is 1.00 bits per heavy atom. The molecule has 0 unspecified atom stereocenters. The van der Waals surface area contributed by atoms with Crippen LogP contribution in [0.15, 0.2) is 67.3 Å². The quantitative estimate of drug-likeness (QED) is 0.486. The van der Waals surface area contributed by atoms with E-state index in [1.807, 2.05) is 12.1 Å². The van der Waals surface area contributed by atoms with E-state index >= 15 is 0 Å². The number of pyridine rings is 1. The van der Waals surface area contributed by atoms with Gasteiger partial charge in [0.1, 0.15) is 12.1 Å². The molecule has 156 valence electrons. The van der Waals surface area contributed by atoms with Gasteiger partial charge in [0.05, 0.1) is 43.4 Å². The van der Waals surface area contributed by atoms with Gasteiger partial charge >= 0.3 is 0 Å². The summed E-state index contributed by atoms with van der Waals surface area (Å²) in [4.78, 5) is 24.7. The molecule has 4 aromatic rings. The lowest BCUT2D eigenvalue weighted by Gasteiger charge is -2.11. The van der Waals surface area contributed by atoms with E-state index in [0.29, 0.717) is 39.7 Å². The van der Waals surface area contributed by atoms with Crippen LogP contribution in [0.4, 0.5) is 5.69 Å². The van der Waals surface area contributed by atoms with Crippen LogP contribution < -0.4 is 19.5 Å². The lowest BCUT2D eigenvalue weighted by Crippen LogP contribution is -2.14. The molecular weight excluding hydrogens is 396 g/mol. The first-order valence-corrected chi connectivity index (χ1v) is 9.49. The zero-order valence-electron chi connectivity index (χ0n) is 17.0. The fourth-order valence-corrected chi connectivity index (χ4v) is 3.05. The third-order valence-electron chi connectivity index (χ3n) is 4.55. The summed E-state index contributed by atoms with van der Waals surface area (Å²) in [5.74, 6) is 2.00. The highest BCUT2D eigenvalue weighted by atomic mass is 16.5. The van der Waals surface area contributed by atoms with Crippen LogP contribution in [0.5, 0.6) is 23.1 Å². The van der Waals surface area contributed by atoms with Crippen LogP contribution in [-0.2, 0) is 11.2 Å². The van der Waals surface area contributed by atoms with E-state index in [1.165, 1.54) is 6.33 Å². The van der Waals surface area contributed by atoms with E-state index in [4.69, 9.17) is 14.2 Å². The minimum Gasteiger partial charge on any atom is -0.493 e. The van der Waals surface area contributed by atoms with Crippen molar-refractivity contribution >= 4 is 22.5 Å². The van der Waals surface area contributed by atoms with Gasteiger partial charge in [-0.05, 0) is 35.9 Å². The molecule has 1 N–H and O–H groups in total. The Bertz CT molecular complexity index is 1200. The fourth-order valence-electron chi connectivity index (χ4n) is 3.05. The Morgan fingerprint density at radius 3 is 2.48 bits per heavy atom. The normalized spacial score (nSPS) is 10.5. The van der Waals surface area contributed by atoms with Gasteiger partial charge in [-0.25, -0.2) is 9.97 Å². The minimum absolute atomic E-state index is 0.121. The first kappa shape index (κ1) is 20.1. The predicted molar refractivity (Wildman–Crippen MR) is 116 cm³/mol. The van der Waals surface area contributed by atoms with Crippen LogP contribution in [0.25, 0.3) is 10.9 Å². The van der Waals surface area contributed by atoms with Crippen LogP contribution in [0.3, 0.4) is 0 Å². The molecule has 0 aliphatic rings. The molecule has 4 rings (SSSR count). The van der Waals surface area contributed by atoms with Crippen molar-refractivity contribution in [2.75, 3.05) is 19.5 Å². The number of methoxy groups -OCH3 is 2. The number of rotatable bonds is 7. The minimum atomic E-state index is -0.121. The Morgan fingerprint density at radius 2 is 1.77 bits per heavy atom. The summed E-state index contributed by atoms with van der Waals surface area (Å²) < 4.78 is 16.7. The topological polar surface area (TPSA) is 95.5 Å². The highest BCUT2D eigenvalue weighted by Crippen LogP contribution is 2.35. The largest absolute Gasteiger partial charge is 0.493 e. The van der Waals surface area contributed by atoms with Crippen molar-refractivity contribution in [3.05, 3.63) is 72.8 Å². The number of amides is 1. The smallest absolute Gasteiger partial charge is 0.230 e. The van der Waals surface area contributed by atoms with Crippen molar-refractivity contribution in [3.63, 3.8) is 0 Å². The zero-order chi connectivity index (χ0) is 21.6. The molecule has 2 heterocycles. The van der Waals surface area contributed by atoms with Crippen molar-refractivity contribution in [1.29, 1.82) is 0 Å². The van der Waals surface area contributed by atoms with Crippen molar-refractivity contribution in [2.24, 2.45) is 0 Å². The zero-order valence-corrected chi connectivity index (χ0v) is 17.0. The molecule has 8 heteroatoms. The molecule has 0 aliphatic carbocycles. The second kappa shape index (κ2) is 9.08.